The minimum Gasteiger partial charge on any atom is -0.338 e. The van der Waals surface area contributed by atoms with Crippen molar-refractivity contribution in [3.05, 3.63) is 35.4 Å². The molecule has 0 unspecified atom stereocenters. The number of nitrogens with two attached hydrogens (primary N) is 1. The Hall–Kier alpha value is -1.35. The summed E-state index contributed by atoms with van der Waals surface area (Å²) in [4.78, 5) is 14.7. The maximum atomic E-state index is 12.6. The molecule has 0 bridgehead atoms. The first kappa shape index (κ1) is 15.5. The highest BCUT2D eigenvalue weighted by Crippen LogP contribution is 2.44. The van der Waals surface area contributed by atoms with E-state index in [2.05, 4.69) is 24.3 Å². The van der Waals surface area contributed by atoms with Crippen LogP contribution in [0.5, 0.6) is 0 Å². The van der Waals surface area contributed by atoms with E-state index in [0.717, 1.165) is 38.9 Å². The number of nitrogens with zero attached hydrogens (tertiary/aromatic N) is 1. The third-order valence-electron chi connectivity index (χ3n) is 5.69. The zero-order valence-corrected chi connectivity index (χ0v) is 13.5. The Labute approximate surface area is 133 Å². The van der Waals surface area contributed by atoms with Crippen molar-refractivity contribution in [1.82, 2.24) is 4.90 Å². The lowest BCUT2D eigenvalue weighted by molar-refractivity contribution is -0.132. The van der Waals surface area contributed by atoms with Crippen LogP contribution in [0.25, 0.3) is 0 Å². The Kier molecular flexibility index (Phi) is 4.82. The number of amides is 1. The predicted octanol–water partition coefficient (Wildman–Crippen LogP) is 3.26. The van der Waals surface area contributed by atoms with Crippen LogP contribution in [-0.4, -0.2) is 23.9 Å². The Balaban J connectivity index is 1.56. The van der Waals surface area contributed by atoms with Gasteiger partial charge < -0.3 is 10.6 Å². The van der Waals surface area contributed by atoms with Gasteiger partial charge in [-0.25, -0.2) is 0 Å². The Morgan fingerprint density at radius 2 is 1.86 bits per heavy atom. The van der Waals surface area contributed by atoms with Gasteiger partial charge in [-0.15, -0.1) is 0 Å². The van der Waals surface area contributed by atoms with Gasteiger partial charge in [0.15, 0.2) is 0 Å². The SMILES string of the molecule is NCCC1(CCC(=O)N2CCc3ccccc3C2)CCCC1. The molecule has 3 heteroatoms. The minimum atomic E-state index is 0.331. The number of fused-ring (bicyclic) bond motifs is 1. The number of carbonyl (C=O) groups is 1. The third-order valence-corrected chi connectivity index (χ3v) is 5.69. The van der Waals surface area contributed by atoms with Gasteiger partial charge in [-0.05, 0) is 55.2 Å². The van der Waals surface area contributed by atoms with Crippen LogP contribution in [-0.2, 0) is 17.8 Å². The standard InChI is InChI=1S/C19H28N2O/c20-13-12-19(9-3-4-10-19)11-7-18(22)21-14-8-16-5-1-2-6-17(16)15-21/h1-2,5-6H,3-4,7-15,20H2. The normalized spacial score (nSPS) is 20.0. The van der Waals surface area contributed by atoms with Crippen LogP contribution in [0.4, 0.5) is 0 Å². The van der Waals surface area contributed by atoms with E-state index < -0.39 is 0 Å². The van der Waals surface area contributed by atoms with E-state index in [1.54, 1.807) is 0 Å². The Morgan fingerprint density at radius 3 is 2.59 bits per heavy atom. The molecule has 2 aliphatic rings. The number of hydrogen-bond acceptors (Lipinski definition) is 2. The van der Waals surface area contributed by atoms with Gasteiger partial charge in [0, 0.05) is 19.5 Å². The number of rotatable bonds is 5. The van der Waals surface area contributed by atoms with Crippen LogP contribution in [0.15, 0.2) is 24.3 Å². The van der Waals surface area contributed by atoms with Crippen molar-refractivity contribution in [2.75, 3.05) is 13.1 Å². The van der Waals surface area contributed by atoms with Gasteiger partial charge in [0.05, 0.1) is 0 Å². The van der Waals surface area contributed by atoms with E-state index in [0.29, 0.717) is 17.7 Å². The molecule has 0 aromatic heterocycles. The summed E-state index contributed by atoms with van der Waals surface area (Å²) >= 11 is 0. The Morgan fingerprint density at radius 1 is 1.14 bits per heavy atom. The van der Waals surface area contributed by atoms with Crippen LogP contribution >= 0.6 is 0 Å². The number of benzene rings is 1. The average molecular weight is 300 g/mol. The molecule has 0 atom stereocenters. The van der Waals surface area contributed by atoms with Crippen LogP contribution in [0, 0.1) is 5.41 Å². The molecule has 22 heavy (non-hydrogen) atoms. The van der Waals surface area contributed by atoms with Gasteiger partial charge in [0.2, 0.25) is 5.91 Å². The number of carbonyl (C=O) groups excluding carboxylic acids is 1. The molecular formula is C19H28N2O. The van der Waals surface area contributed by atoms with Crippen molar-refractivity contribution >= 4 is 5.91 Å². The molecule has 1 heterocycles. The van der Waals surface area contributed by atoms with Crippen LogP contribution in [0.1, 0.15) is 56.1 Å². The smallest absolute Gasteiger partial charge is 0.222 e. The molecule has 1 aliphatic heterocycles. The number of hydrogen-bond donors (Lipinski definition) is 1. The second-order valence-corrected chi connectivity index (χ2v) is 7.08. The zero-order chi connectivity index (χ0) is 15.4. The summed E-state index contributed by atoms with van der Waals surface area (Å²) in [5.41, 5.74) is 8.88. The summed E-state index contributed by atoms with van der Waals surface area (Å²) < 4.78 is 0. The summed E-state index contributed by atoms with van der Waals surface area (Å²) in [6, 6.07) is 8.50. The van der Waals surface area contributed by atoms with Crippen LogP contribution in [0.2, 0.25) is 0 Å². The van der Waals surface area contributed by atoms with Crippen LogP contribution < -0.4 is 5.73 Å². The second kappa shape index (κ2) is 6.82. The highest BCUT2D eigenvalue weighted by atomic mass is 16.2. The summed E-state index contributed by atoms with van der Waals surface area (Å²) in [7, 11) is 0. The highest BCUT2D eigenvalue weighted by Gasteiger charge is 2.33. The fourth-order valence-electron chi connectivity index (χ4n) is 4.30. The molecular weight excluding hydrogens is 272 g/mol. The van der Waals surface area contributed by atoms with Crippen molar-refractivity contribution in [2.24, 2.45) is 11.1 Å². The van der Waals surface area contributed by atoms with Gasteiger partial charge in [0.1, 0.15) is 0 Å². The summed E-state index contributed by atoms with van der Waals surface area (Å²) in [5.74, 6) is 0.331. The summed E-state index contributed by atoms with van der Waals surface area (Å²) in [6.07, 6.45) is 8.96. The van der Waals surface area contributed by atoms with E-state index in [-0.39, 0.29) is 0 Å². The lowest BCUT2D eigenvalue weighted by Crippen LogP contribution is -2.36. The first-order valence-electron chi connectivity index (χ1n) is 8.77. The van der Waals surface area contributed by atoms with E-state index >= 15 is 0 Å². The topological polar surface area (TPSA) is 46.3 Å². The average Bonchev–Trinajstić information content (AvgIpc) is 3.01. The molecule has 3 rings (SSSR count). The molecule has 1 amide bonds. The van der Waals surface area contributed by atoms with E-state index in [4.69, 9.17) is 5.73 Å². The first-order valence-corrected chi connectivity index (χ1v) is 8.77. The van der Waals surface area contributed by atoms with Gasteiger partial charge in [-0.1, -0.05) is 37.1 Å². The molecule has 0 radical (unpaired) electrons. The molecule has 1 aromatic rings. The molecule has 1 aliphatic carbocycles. The van der Waals surface area contributed by atoms with Gasteiger partial charge in [-0.3, -0.25) is 4.79 Å². The van der Waals surface area contributed by atoms with E-state index in [1.165, 1.54) is 36.8 Å². The molecule has 1 fully saturated rings. The van der Waals surface area contributed by atoms with Crippen molar-refractivity contribution in [1.29, 1.82) is 0 Å². The molecule has 2 N–H and O–H groups in total. The van der Waals surface area contributed by atoms with Crippen molar-refractivity contribution < 1.29 is 4.79 Å². The van der Waals surface area contributed by atoms with Crippen molar-refractivity contribution in [3.63, 3.8) is 0 Å². The van der Waals surface area contributed by atoms with E-state index in [1.807, 2.05) is 4.90 Å². The molecule has 0 saturated heterocycles. The maximum absolute atomic E-state index is 12.6. The summed E-state index contributed by atoms with van der Waals surface area (Å²) in [6.45, 7) is 2.42. The predicted molar refractivity (Wildman–Crippen MR) is 89.4 cm³/mol. The minimum absolute atomic E-state index is 0.331. The molecule has 3 nitrogen and oxygen atoms in total. The molecule has 0 spiro atoms. The maximum Gasteiger partial charge on any atom is 0.222 e. The lowest BCUT2D eigenvalue weighted by atomic mass is 9.78. The Bertz CT molecular complexity index is 520. The summed E-state index contributed by atoms with van der Waals surface area (Å²) in [5, 5.41) is 0. The zero-order valence-electron chi connectivity index (χ0n) is 13.5. The first-order chi connectivity index (χ1) is 10.7. The van der Waals surface area contributed by atoms with Crippen molar-refractivity contribution in [3.8, 4) is 0 Å². The molecule has 1 saturated carbocycles. The van der Waals surface area contributed by atoms with Gasteiger partial charge in [0.25, 0.3) is 0 Å². The second-order valence-electron chi connectivity index (χ2n) is 7.08. The lowest BCUT2D eigenvalue weighted by Gasteiger charge is -2.32. The molecule has 1 aromatic carbocycles. The van der Waals surface area contributed by atoms with Gasteiger partial charge in [-0.2, -0.15) is 0 Å². The monoisotopic (exact) mass is 300 g/mol. The third kappa shape index (κ3) is 3.35. The van der Waals surface area contributed by atoms with Crippen molar-refractivity contribution in [2.45, 2.75) is 57.9 Å². The van der Waals surface area contributed by atoms with Crippen LogP contribution in [0.3, 0.4) is 0 Å². The van der Waals surface area contributed by atoms with E-state index in [9.17, 15) is 4.79 Å². The molecule has 120 valence electrons. The fourth-order valence-corrected chi connectivity index (χ4v) is 4.30. The quantitative estimate of drug-likeness (QED) is 0.907. The highest BCUT2D eigenvalue weighted by molar-refractivity contribution is 5.76. The van der Waals surface area contributed by atoms with Gasteiger partial charge >= 0.3 is 0 Å². The largest absolute Gasteiger partial charge is 0.338 e. The fraction of sp³-hybridized carbons (Fsp3) is 0.632.